The van der Waals surface area contributed by atoms with Gasteiger partial charge in [-0.1, -0.05) is 24.3 Å². The zero-order chi connectivity index (χ0) is 25.1. The molecule has 0 aromatic heterocycles. The summed E-state index contributed by atoms with van der Waals surface area (Å²) in [6, 6.07) is 14.7. The van der Waals surface area contributed by atoms with Gasteiger partial charge in [-0.3, -0.25) is 0 Å². The fraction of sp³-hybridized carbons (Fsp3) is 0.500. The first kappa shape index (κ1) is 26.1. The van der Waals surface area contributed by atoms with Crippen molar-refractivity contribution in [3.8, 4) is 5.75 Å². The van der Waals surface area contributed by atoms with Crippen LogP contribution in [0.2, 0.25) is 0 Å². The molecule has 2 heterocycles. The van der Waals surface area contributed by atoms with E-state index < -0.39 is 26.0 Å². The van der Waals surface area contributed by atoms with Crippen LogP contribution in [0.15, 0.2) is 64.4 Å². The number of benzene rings is 2. The minimum Gasteiger partial charge on any atom is -0.491 e. The molecular weight excluding hydrogens is 492 g/mol. The normalized spacial score (nSPS) is 21.7. The van der Waals surface area contributed by atoms with Gasteiger partial charge in [-0.2, -0.15) is 4.31 Å². The van der Waals surface area contributed by atoms with E-state index >= 15 is 0 Å². The van der Waals surface area contributed by atoms with Crippen LogP contribution in [0.1, 0.15) is 19.3 Å². The summed E-state index contributed by atoms with van der Waals surface area (Å²) in [5, 5.41) is 13.6. The monoisotopic (exact) mass is 524 g/mol. The first-order valence-electron chi connectivity index (χ1n) is 11.6. The predicted octanol–water partition coefficient (Wildman–Crippen LogP) is 1.43. The summed E-state index contributed by atoms with van der Waals surface area (Å²) in [5.74, 6) is 0.382. The van der Waals surface area contributed by atoms with E-state index in [4.69, 9.17) is 9.47 Å². The summed E-state index contributed by atoms with van der Waals surface area (Å²) in [6.45, 7) is 1.63. The number of nitrogens with one attached hydrogen (secondary N) is 1. The number of aliphatic hydroxyl groups excluding tert-OH is 1. The third-order valence-electron chi connectivity index (χ3n) is 6.54. The molecule has 0 amide bonds. The average Bonchev–Trinajstić information content (AvgIpc) is 3.24. The average molecular weight is 525 g/mol. The minimum atomic E-state index is -3.50. The highest BCUT2D eigenvalue weighted by Crippen LogP contribution is 2.37. The zero-order valence-corrected chi connectivity index (χ0v) is 21.3. The highest BCUT2D eigenvalue weighted by Gasteiger charge is 2.44. The predicted molar refractivity (Wildman–Crippen MR) is 131 cm³/mol. The number of sulfone groups is 1. The van der Waals surface area contributed by atoms with Gasteiger partial charge in [-0.15, -0.1) is 0 Å². The summed E-state index contributed by atoms with van der Waals surface area (Å²) < 4.78 is 62.3. The zero-order valence-electron chi connectivity index (χ0n) is 19.7. The second-order valence-corrected chi connectivity index (χ2v) is 13.2. The highest BCUT2D eigenvalue weighted by atomic mass is 32.2. The van der Waals surface area contributed by atoms with Crippen molar-refractivity contribution in [3.05, 3.63) is 54.6 Å². The van der Waals surface area contributed by atoms with E-state index in [9.17, 15) is 21.9 Å². The summed E-state index contributed by atoms with van der Waals surface area (Å²) >= 11 is 0. The number of rotatable bonds is 9. The number of hydrogen-bond acceptors (Lipinski definition) is 8. The van der Waals surface area contributed by atoms with Gasteiger partial charge in [0.15, 0.2) is 9.84 Å². The van der Waals surface area contributed by atoms with E-state index in [1.54, 1.807) is 42.5 Å². The molecule has 2 aliphatic heterocycles. The summed E-state index contributed by atoms with van der Waals surface area (Å²) in [4.78, 5) is 0.473. The van der Waals surface area contributed by atoms with Gasteiger partial charge in [-0.05, 0) is 49.6 Å². The highest BCUT2D eigenvalue weighted by molar-refractivity contribution is 7.90. The van der Waals surface area contributed by atoms with Gasteiger partial charge >= 0.3 is 0 Å². The Morgan fingerprint density at radius 3 is 2.46 bits per heavy atom. The topological polar surface area (TPSA) is 122 Å². The molecule has 192 valence electrons. The first-order valence-corrected chi connectivity index (χ1v) is 14.9. The van der Waals surface area contributed by atoms with Gasteiger partial charge in [0, 0.05) is 31.9 Å². The molecule has 0 aliphatic carbocycles. The maximum absolute atomic E-state index is 12.9. The number of nitrogens with zero attached hydrogens (tertiary/aromatic N) is 1. The lowest BCUT2D eigenvalue weighted by atomic mass is 9.88. The Morgan fingerprint density at radius 2 is 1.77 bits per heavy atom. The summed E-state index contributed by atoms with van der Waals surface area (Å²) in [7, 11) is -6.83. The molecule has 2 fully saturated rings. The molecule has 4 rings (SSSR count). The Hall–Kier alpha value is -2.02. The van der Waals surface area contributed by atoms with Crippen molar-refractivity contribution in [2.45, 2.75) is 46.8 Å². The van der Waals surface area contributed by atoms with E-state index in [-0.39, 0.29) is 23.1 Å². The second-order valence-electron chi connectivity index (χ2n) is 9.23. The molecule has 9 nitrogen and oxygen atoms in total. The van der Waals surface area contributed by atoms with Crippen molar-refractivity contribution >= 4 is 19.9 Å². The smallest absolute Gasteiger partial charge is 0.243 e. The molecule has 2 aromatic rings. The summed E-state index contributed by atoms with van der Waals surface area (Å²) in [5.41, 5.74) is -0.353. The van der Waals surface area contributed by atoms with Gasteiger partial charge in [-0.25, -0.2) is 16.8 Å². The van der Waals surface area contributed by atoms with Gasteiger partial charge < -0.3 is 19.9 Å². The van der Waals surface area contributed by atoms with Crippen molar-refractivity contribution in [2.75, 3.05) is 39.1 Å². The van der Waals surface area contributed by atoms with Crippen molar-refractivity contribution in [1.82, 2.24) is 9.62 Å². The van der Waals surface area contributed by atoms with Crippen molar-refractivity contribution < 1.29 is 31.4 Å². The molecule has 0 radical (unpaired) electrons. The van der Waals surface area contributed by atoms with Crippen molar-refractivity contribution in [2.24, 2.45) is 0 Å². The van der Waals surface area contributed by atoms with Crippen LogP contribution in [0.5, 0.6) is 5.75 Å². The fourth-order valence-electron chi connectivity index (χ4n) is 4.55. The third-order valence-corrected chi connectivity index (χ3v) is 9.57. The number of sulfonamides is 1. The molecule has 2 N–H and O–H groups in total. The van der Waals surface area contributed by atoms with E-state index in [0.717, 1.165) is 12.7 Å². The largest absolute Gasteiger partial charge is 0.491 e. The molecule has 35 heavy (non-hydrogen) atoms. The molecule has 2 saturated heterocycles. The Kier molecular flexibility index (Phi) is 7.84. The van der Waals surface area contributed by atoms with Crippen LogP contribution in [-0.4, -0.2) is 83.1 Å². The maximum atomic E-state index is 12.9. The fourth-order valence-corrected chi connectivity index (χ4v) is 6.67. The molecule has 2 aliphatic rings. The molecule has 11 heteroatoms. The number of aliphatic hydroxyl groups is 1. The minimum absolute atomic E-state index is 0.0191. The quantitative estimate of drug-likeness (QED) is 0.505. The van der Waals surface area contributed by atoms with Crippen LogP contribution in [0.3, 0.4) is 0 Å². The van der Waals surface area contributed by atoms with Crippen LogP contribution in [0, 0.1) is 0 Å². The van der Waals surface area contributed by atoms with Crippen LogP contribution < -0.4 is 10.1 Å². The Labute approximate surface area is 207 Å². The Bertz CT molecular complexity index is 1210. The summed E-state index contributed by atoms with van der Waals surface area (Å²) in [6.07, 6.45) is 2.34. The van der Waals surface area contributed by atoms with Gasteiger partial charge in [0.25, 0.3) is 0 Å². The second kappa shape index (κ2) is 10.5. The molecule has 2 aromatic carbocycles. The maximum Gasteiger partial charge on any atom is 0.243 e. The SMILES string of the molecule is CS(=O)(=O)c1cccc(OCC(O)CNC2COC3(CCN(S(=O)(=O)c4ccccc4)CC3)C2)c1. The number of ether oxygens (including phenoxy) is 2. The first-order chi connectivity index (χ1) is 16.6. The molecule has 0 bridgehead atoms. The van der Waals surface area contributed by atoms with Crippen molar-refractivity contribution in [1.29, 1.82) is 0 Å². The van der Waals surface area contributed by atoms with Crippen LogP contribution >= 0.6 is 0 Å². The van der Waals surface area contributed by atoms with Gasteiger partial charge in [0.1, 0.15) is 18.5 Å². The van der Waals surface area contributed by atoms with E-state index in [1.165, 1.54) is 16.4 Å². The molecule has 1 spiro atoms. The van der Waals surface area contributed by atoms with E-state index in [0.29, 0.717) is 49.7 Å². The number of piperidine rings is 1. The molecule has 2 atom stereocenters. The van der Waals surface area contributed by atoms with Crippen LogP contribution in [-0.2, 0) is 24.6 Å². The lowest BCUT2D eigenvalue weighted by molar-refractivity contribution is -0.0312. The van der Waals surface area contributed by atoms with Crippen molar-refractivity contribution in [3.63, 3.8) is 0 Å². The standard InChI is InChI=1S/C24H32N2O7S2/c1-34(28,29)23-9-5-6-21(14-23)32-18-20(27)16-25-19-15-24(33-17-19)10-12-26(13-11-24)35(30,31)22-7-3-2-4-8-22/h2-9,14,19-20,25,27H,10-13,15-18H2,1H3. The lowest BCUT2D eigenvalue weighted by Crippen LogP contribution is -2.47. The van der Waals surface area contributed by atoms with Crippen LogP contribution in [0.4, 0.5) is 0 Å². The number of hydrogen-bond donors (Lipinski definition) is 2. The lowest BCUT2D eigenvalue weighted by Gasteiger charge is -2.38. The van der Waals surface area contributed by atoms with Gasteiger partial charge in [0.2, 0.25) is 10.0 Å². The molecule has 2 unspecified atom stereocenters. The van der Waals surface area contributed by atoms with E-state index in [2.05, 4.69) is 5.32 Å². The molecular formula is C24H32N2O7S2. The van der Waals surface area contributed by atoms with E-state index in [1.807, 2.05) is 0 Å². The Morgan fingerprint density at radius 1 is 1.09 bits per heavy atom. The Balaban J connectivity index is 1.22. The third kappa shape index (κ3) is 6.41. The molecule has 0 saturated carbocycles. The van der Waals surface area contributed by atoms with Crippen LogP contribution in [0.25, 0.3) is 0 Å². The van der Waals surface area contributed by atoms with Gasteiger partial charge in [0.05, 0.1) is 22.0 Å².